The molecule has 23 heavy (non-hydrogen) atoms. The molecule has 0 spiro atoms. The molecular formula is C16H23N5O2. The zero-order valence-corrected chi connectivity index (χ0v) is 13.4. The third kappa shape index (κ3) is 5.71. The number of nitrogens with zero attached hydrogens (tertiary/aromatic N) is 3. The van der Waals surface area contributed by atoms with Gasteiger partial charge in [0.05, 0.1) is 6.10 Å². The van der Waals surface area contributed by atoms with Crippen LogP contribution in [0.15, 0.2) is 36.8 Å². The molecule has 2 unspecified atom stereocenters. The van der Waals surface area contributed by atoms with Gasteiger partial charge in [-0.25, -0.2) is 14.5 Å². The van der Waals surface area contributed by atoms with Gasteiger partial charge in [-0.1, -0.05) is 6.92 Å². The van der Waals surface area contributed by atoms with Gasteiger partial charge in [0.2, 0.25) is 0 Å². The van der Waals surface area contributed by atoms with E-state index in [-0.39, 0.29) is 18.1 Å². The molecule has 2 heterocycles. The normalized spacial score (nSPS) is 13.3. The monoisotopic (exact) mass is 317 g/mol. The summed E-state index contributed by atoms with van der Waals surface area (Å²) in [4.78, 5) is 16.0. The molecule has 0 radical (unpaired) electrons. The van der Waals surface area contributed by atoms with Gasteiger partial charge in [-0.3, -0.25) is 0 Å². The second kappa shape index (κ2) is 8.28. The highest BCUT2D eigenvalue weighted by Gasteiger charge is 2.08. The third-order valence-electron chi connectivity index (χ3n) is 3.36. The molecule has 7 nitrogen and oxygen atoms in total. The van der Waals surface area contributed by atoms with Crippen molar-refractivity contribution in [3.63, 3.8) is 0 Å². The van der Waals surface area contributed by atoms with E-state index in [9.17, 15) is 9.90 Å². The Morgan fingerprint density at radius 2 is 2.17 bits per heavy atom. The minimum absolute atomic E-state index is 0.222. The van der Waals surface area contributed by atoms with Crippen LogP contribution in [0.25, 0.3) is 5.82 Å². The van der Waals surface area contributed by atoms with Crippen LogP contribution in [0.2, 0.25) is 0 Å². The molecular weight excluding hydrogens is 294 g/mol. The maximum atomic E-state index is 11.8. The van der Waals surface area contributed by atoms with Gasteiger partial charge in [0.15, 0.2) is 5.82 Å². The Hall–Kier alpha value is -2.41. The summed E-state index contributed by atoms with van der Waals surface area (Å²) in [6.07, 6.45) is 5.51. The predicted molar refractivity (Wildman–Crippen MR) is 87.1 cm³/mol. The van der Waals surface area contributed by atoms with Gasteiger partial charge in [-0.2, -0.15) is 5.10 Å². The summed E-state index contributed by atoms with van der Waals surface area (Å²) < 4.78 is 1.67. The maximum Gasteiger partial charge on any atom is 0.315 e. The lowest BCUT2D eigenvalue weighted by Gasteiger charge is -2.14. The summed E-state index contributed by atoms with van der Waals surface area (Å²) in [6, 6.07) is 5.33. The fourth-order valence-corrected chi connectivity index (χ4v) is 2.28. The topological polar surface area (TPSA) is 92.1 Å². The van der Waals surface area contributed by atoms with Crippen molar-refractivity contribution in [2.75, 3.05) is 6.54 Å². The van der Waals surface area contributed by atoms with Crippen LogP contribution in [0, 0.1) is 5.92 Å². The lowest BCUT2D eigenvalue weighted by Crippen LogP contribution is -2.37. The summed E-state index contributed by atoms with van der Waals surface area (Å²) in [6.45, 7) is 4.68. The fraction of sp³-hybridized carbons (Fsp3) is 0.438. The first-order valence-corrected chi connectivity index (χ1v) is 7.69. The SMILES string of the molecule is CC(O)CC(C)CNC(=O)NCc1ccnc(-n2cccn2)c1. The minimum atomic E-state index is -0.354. The molecule has 3 N–H and O–H groups in total. The average Bonchev–Trinajstić information content (AvgIpc) is 3.05. The van der Waals surface area contributed by atoms with Gasteiger partial charge in [-0.15, -0.1) is 0 Å². The number of rotatable bonds is 7. The summed E-state index contributed by atoms with van der Waals surface area (Å²) in [7, 11) is 0. The number of amides is 2. The Labute approximate surface area is 135 Å². The van der Waals surface area contributed by atoms with Crippen LogP contribution in [-0.2, 0) is 6.54 Å². The summed E-state index contributed by atoms with van der Waals surface area (Å²) in [5.41, 5.74) is 0.942. The van der Waals surface area contributed by atoms with Crippen LogP contribution in [0.5, 0.6) is 0 Å². The first-order valence-electron chi connectivity index (χ1n) is 7.69. The van der Waals surface area contributed by atoms with Crippen LogP contribution in [0.1, 0.15) is 25.8 Å². The third-order valence-corrected chi connectivity index (χ3v) is 3.36. The van der Waals surface area contributed by atoms with Crippen LogP contribution in [-0.4, -0.2) is 38.6 Å². The molecule has 0 bridgehead atoms. The van der Waals surface area contributed by atoms with Gasteiger partial charge >= 0.3 is 6.03 Å². The van der Waals surface area contributed by atoms with Crippen molar-refractivity contribution in [2.45, 2.75) is 32.9 Å². The van der Waals surface area contributed by atoms with E-state index >= 15 is 0 Å². The molecule has 2 aromatic rings. The second-order valence-corrected chi connectivity index (χ2v) is 5.73. The lowest BCUT2D eigenvalue weighted by atomic mass is 10.1. The first kappa shape index (κ1) is 17.0. The number of aliphatic hydroxyl groups is 1. The van der Waals surface area contributed by atoms with E-state index in [1.807, 2.05) is 31.3 Å². The van der Waals surface area contributed by atoms with Crippen molar-refractivity contribution in [2.24, 2.45) is 5.92 Å². The van der Waals surface area contributed by atoms with Gasteiger partial charge < -0.3 is 15.7 Å². The standard InChI is InChI=1S/C16H23N5O2/c1-12(8-13(2)22)10-18-16(23)19-11-14-4-6-17-15(9-14)21-7-3-5-20-21/h3-7,9,12-13,22H,8,10-11H2,1-2H3,(H2,18,19,23). The van der Waals surface area contributed by atoms with Crippen LogP contribution in [0.3, 0.4) is 0 Å². The highest BCUT2D eigenvalue weighted by atomic mass is 16.3. The van der Waals surface area contributed by atoms with E-state index in [0.717, 1.165) is 5.56 Å². The van der Waals surface area contributed by atoms with Gasteiger partial charge in [0, 0.05) is 31.7 Å². The van der Waals surface area contributed by atoms with E-state index < -0.39 is 0 Å². The van der Waals surface area contributed by atoms with Gasteiger partial charge in [0.25, 0.3) is 0 Å². The Morgan fingerprint density at radius 3 is 2.87 bits per heavy atom. The summed E-state index contributed by atoms with van der Waals surface area (Å²) >= 11 is 0. The van der Waals surface area contributed by atoms with E-state index in [4.69, 9.17) is 0 Å². The number of carbonyl (C=O) groups excluding carboxylic acids is 1. The Morgan fingerprint density at radius 1 is 1.35 bits per heavy atom. The molecule has 2 amide bonds. The number of aromatic nitrogens is 3. The Kier molecular flexibility index (Phi) is 6.10. The fourth-order valence-electron chi connectivity index (χ4n) is 2.28. The number of urea groups is 1. The van der Waals surface area contributed by atoms with Crippen molar-refractivity contribution in [1.82, 2.24) is 25.4 Å². The van der Waals surface area contributed by atoms with Crippen molar-refractivity contribution in [3.8, 4) is 5.82 Å². The van der Waals surface area contributed by atoms with Crippen molar-refractivity contribution in [1.29, 1.82) is 0 Å². The highest BCUT2D eigenvalue weighted by Crippen LogP contribution is 2.06. The molecule has 0 aliphatic rings. The van der Waals surface area contributed by atoms with Gasteiger partial charge in [0.1, 0.15) is 0 Å². The number of aliphatic hydroxyl groups excluding tert-OH is 1. The molecule has 2 rings (SSSR count). The van der Waals surface area contributed by atoms with E-state index in [2.05, 4.69) is 20.7 Å². The molecule has 2 atom stereocenters. The van der Waals surface area contributed by atoms with Crippen molar-refractivity contribution >= 4 is 6.03 Å². The average molecular weight is 317 g/mol. The summed E-state index contributed by atoms with van der Waals surface area (Å²) in [5.74, 6) is 0.938. The minimum Gasteiger partial charge on any atom is -0.393 e. The Balaban J connectivity index is 1.79. The number of carbonyl (C=O) groups is 1. The predicted octanol–water partition coefficient (Wildman–Crippen LogP) is 1.47. The number of hydrogen-bond donors (Lipinski definition) is 3. The molecule has 124 valence electrons. The lowest BCUT2D eigenvalue weighted by molar-refractivity contribution is 0.163. The van der Waals surface area contributed by atoms with E-state index in [0.29, 0.717) is 25.3 Å². The first-order chi connectivity index (χ1) is 11.0. The molecule has 7 heteroatoms. The molecule has 2 aromatic heterocycles. The molecule has 0 aliphatic heterocycles. The zero-order chi connectivity index (χ0) is 16.7. The van der Waals surface area contributed by atoms with E-state index in [1.165, 1.54) is 0 Å². The highest BCUT2D eigenvalue weighted by molar-refractivity contribution is 5.73. The van der Waals surface area contributed by atoms with Crippen LogP contribution in [0.4, 0.5) is 4.79 Å². The molecule has 0 aliphatic carbocycles. The molecule has 0 aromatic carbocycles. The van der Waals surface area contributed by atoms with Crippen LogP contribution >= 0.6 is 0 Å². The Bertz CT molecular complexity index is 613. The number of hydrogen-bond acceptors (Lipinski definition) is 4. The zero-order valence-electron chi connectivity index (χ0n) is 13.4. The van der Waals surface area contributed by atoms with Crippen LogP contribution < -0.4 is 10.6 Å². The quantitative estimate of drug-likeness (QED) is 0.721. The van der Waals surface area contributed by atoms with Crippen molar-refractivity contribution in [3.05, 3.63) is 42.4 Å². The summed E-state index contributed by atoms with van der Waals surface area (Å²) in [5, 5.41) is 19.0. The largest absolute Gasteiger partial charge is 0.393 e. The molecule has 0 fully saturated rings. The van der Waals surface area contributed by atoms with Crippen molar-refractivity contribution < 1.29 is 9.90 Å². The van der Waals surface area contributed by atoms with Gasteiger partial charge in [-0.05, 0) is 43.0 Å². The molecule has 0 saturated heterocycles. The smallest absolute Gasteiger partial charge is 0.315 e. The second-order valence-electron chi connectivity index (χ2n) is 5.73. The number of pyridine rings is 1. The number of nitrogens with one attached hydrogen (secondary N) is 2. The maximum absolute atomic E-state index is 11.8. The molecule has 0 saturated carbocycles. The van der Waals surface area contributed by atoms with E-state index in [1.54, 1.807) is 24.0 Å².